The van der Waals surface area contributed by atoms with Crippen molar-refractivity contribution in [3.63, 3.8) is 0 Å². The number of carbonyl (C=O) groups excluding carboxylic acids is 1. The summed E-state index contributed by atoms with van der Waals surface area (Å²) in [6.45, 7) is 1.97. The number of nitrogens with zero attached hydrogens (tertiary/aromatic N) is 4. The molecule has 0 bridgehead atoms. The van der Waals surface area contributed by atoms with Crippen molar-refractivity contribution in [3.05, 3.63) is 36.3 Å². The number of carbonyl (C=O) groups is 1. The molecule has 7 heteroatoms. The van der Waals surface area contributed by atoms with Crippen LogP contribution in [0.3, 0.4) is 0 Å². The average molecular weight is 299 g/mol. The van der Waals surface area contributed by atoms with E-state index in [1.165, 1.54) is 20.0 Å². The van der Waals surface area contributed by atoms with Crippen molar-refractivity contribution < 1.29 is 9.53 Å². The maximum Gasteiger partial charge on any atom is 0.261 e. The number of hydrogen-bond acceptors (Lipinski definition) is 6. The lowest BCUT2D eigenvalue weighted by atomic mass is 10.2. The van der Waals surface area contributed by atoms with Crippen molar-refractivity contribution in [2.24, 2.45) is 0 Å². The van der Waals surface area contributed by atoms with Gasteiger partial charge in [-0.1, -0.05) is 0 Å². The van der Waals surface area contributed by atoms with E-state index in [1.807, 2.05) is 0 Å². The first-order valence-electron chi connectivity index (χ1n) is 7.15. The summed E-state index contributed by atoms with van der Waals surface area (Å²) in [5.41, 5.74) is 0.910. The van der Waals surface area contributed by atoms with Crippen LogP contribution in [0, 0.1) is 0 Å². The molecule has 2 aromatic rings. The first kappa shape index (κ1) is 14.2. The average Bonchev–Trinajstić information content (AvgIpc) is 3.10. The number of rotatable bonds is 4. The molecule has 0 radical (unpaired) electrons. The van der Waals surface area contributed by atoms with Gasteiger partial charge in [0.1, 0.15) is 5.56 Å². The summed E-state index contributed by atoms with van der Waals surface area (Å²) < 4.78 is 5.08. The maximum absolute atomic E-state index is 12.2. The molecule has 1 saturated heterocycles. The fourth-order valence-electron chi connectivity index (χ4n) is 2.39. The highest BCUT2D eigenvalue weighted by Crippen LogP contribution is 2.18. The van der Waals surface area contributed by atoms with Gasteiger partial charge in [-0.2, -0.15) is 0 Å². The smallest absolute Gasteiger partial charge is 0.261 e. The maximum atomic E-state index is 12.2. The lowest BCUT2D eigenvalue weighted by molar-refractivity contribution is 0.102. The molecule has 3 heterocycles. The summed E-state index contributed by atoms with van der Waals surface area (Å²) in [4.78, 5) is 27.0. The second-order valence-electron chi connectivity index (χ2n) is 4.98. The molecule has 2 aromatic heterocycles. The lowest BCUT2D eigenvalue weighted by Gasteiger charge is -2.14. The number of aromatic nitrogens is 3. The van der Waals surface area contributed by atoms with Crippen LogP contribution in [0.25, 0.3) is 0 Å². The third-order valence-corrected chi connectivity index (χ3v) is 3.49. The molecule has 0 unspecified atom stereocenters. The fraction of sp³-hybridized carbons (Fsp3) is 0.333. The van der Waals surface area contributed by atoms with Crippen LogP contribution in [0.5, 0.6) is 5.88 Å². The Morgan fingerprint density at radius 3 is 2.64 bits per heavy atom. The van der Waals surface area contributed by atoms with E-state index < -0.39 is 0 Å². The molecule has 0 saturated carbocycles. The minimum atomic E-state index is -0.303. The number of methoxy groups -OCH3 is 1. The topological polar surface area (TPSA) is 80.2 Å². The summed E-state index contributed by atoms with van der Waals surface area (Å²) in [6, 6.07) is 3.34. The summed E-state index contributed by atoms with van der Waals surface area (Å²) in [7, 11) is 1.48. The van der Waals surface area contributed by atoms with Crippen LogP contribution >= 0.6 is 0 Å². The van der Waals surface area contributed by atoms with Gasteiger partial charge in [-0.25, -0.2) is 15.0 Å². The molecule has 114 valence electrons. The second kappa shape index (κ2) is 6.38. The third-order valence-electron chi connectivity index (χ3n) is 3.49. The normalized spacial score (nSPS) is 14.0. The Labute approximate surface area is 128 Å². The predicted octanol–water partition coefficient (Wildman–Crippen LogP) is 1.73. The molecule has 1 aliphatic rings. The molecule has 0 aliphatic carbocycles. The Kier molecular flexibility index (Phi) is 4.13. The Hall–Kier alpha value is -2.70. The molecule has 7 nitrogen and oxygen atoms in total. The van der Waals surface area contributed by atoms with Gasteiger partial charge in [0.2, 0.25) is 11.8 Å². The van der Waals surface area contributed by atoms with Gasteiger partial charge in [0.15, 0.2) is 0 Å². The number of amides is 1. The minimum Gasteiger partial charge on any atom is -0.480 e. The zero-order valence-electron chi connectivity index (χ0n) is 12.3. The van der Waals surface area contributed by atoms with Crippen LogP contribution in [0.2, 0.25) is 0 Å². The highest BCUT2D eigenvalue weighted by atomic mass is 16.5. The zero-order valence-corrected chi connectivity index (χ0v) is 12.3. The quantitative estimate of drug-likeness (QED) is 0.926. The van der Waals surface area contributed by atoms with E-state index in [1.54, 1.807) is 30.7 Å². The number of ether oxygens (including phenoxy) is 1. The monoisotopic (exact) mass is 299 g/mol. The second-order valence-corrected chi connectivity index (χ2v) is 4.98. The molecule has 0 aromatic carbocycles. The van der Waals surface area contributed by atoms with Gasteiger partial charge in [0, 0.05) is 19.3 Å². The van der Waals surface area contributed by atoms with Gasteiger partial charge in [-0.15, -0.1) is 0 Å². The van der Waals surface area contributed by atoms with Crippen LogP contribution in [0.1, 0.15) is 23.2 Å². The van der Waals surface area contributed by atoms with E-state index in [9.17, 15) is 4.79 Å². The number of hydrogen-bond donors (Lipinski definition) is 1. The van der Waals surface area contributed by atoms with E-state index in [0.29, 0.717) is 17.2 Å². The molecular weight excluding hydrogens is 282 g/mol. The van der Waals surface area contributed by atoms with Crippen LogP contribution in [0.4, 0.5) is 11.6 Å². The van der Waals surface area contributed by atoms with Crippen molar-refractivity contribution in [2.75, 3.05) is 30.4 Å². The molecule has 0 atom stereocenters. The highest BCUT2D eigenvalue weighted by Gasteiger charge is 2.16. The van der Waals surface area contributed by atoms with Crippen LogP contribution in [-0.2, 0) is 0 Å². The van der Waals surface area contributed by atoms with E-state index in [0.717, 1.165) is 13.1 Å². The number of pyridine rings is 1. The fourth-order valence-corrected chi connectivity index (χ4v) is 2.39. The largest absolute Gasteiger partial charge is 0.480 e. The van der Waals surface area contributed by atoms with E-state index in [2.05, 4.69) is 25.2 Å². The van der Waals surface area contributed by atoms with Gasteiger partial charge in [0.25, 0.3) is 5.91 Å². The van der Waals surface area contributed by atoms with Gasteiger partial charge < -0.3 is 15.0 Å². The Morgan fingerprint density at radius 2 is 1.95 bits per heavy atom. The molecule has 0 spiro atoms. The summed E-state index contributed by atoms with van der Waals surface area (Å²) in [5.74, 6) is 0.687. The van der Waals surface area contributed by atoms with Gasteiger partial charge >= 0.3 is 0 Å². The van der Waals surface area contributed by atoms with Gasteiger partial charge in [-0.05, 0) is 25.0 Å². The van der Waals surface area contributed by atoms with E-state index in [4.69, 9.17) is 4.74 Å². The number of nitrogens with one attached hydrogen (secondary N) is 1. The minimum absolute atomic E-state index is 0.287. The van der Waals surface area contributed by atoms with E-state index in [-0.39, 0.29) is 11.8 Å². The van der Waals surface area contributed by atoms with Crippen LogP contribution in [0.15, 0.2) is 30.7 Å². The van der Waals surface area contributed by atoms with Crippen molar-refractivity contribution in [1.29, 1.82) is 0 Å². The predicted molar refractivity (Wildman–Crippen MR) is 82.2 cm³/mol. The molecule has 1 aliphatic heterocycles. The van der Waals surface area contributed by atoms with Gasteiger partial charge in [-0.3, -0.25) is 4.79 Å². The molecule has 22 heavy (non-hydrogen) atoms. The summed E-state index contributed by atoms with van der Waals surface area (Å²) in [6.07, 6.45) is 7.14. The lowest BCUT2D eigenvalue weighted by Crippen LogP contribution is -2.20. The van der Waals surface area contributed by atoms with Crippen molar-refractivity contribution >= 4 is 17.5 Å². The van der Waals surface area contributed by atoms with Crippen molar-refractivity contribution in [3.8, 4) is 5.88 Å². The third kappa shape index (κ3) is 2.98. The van der Waals surface area contributed by atoms with Gasteiger partial charge in [0.05, 0.1) is 25.2 Å². The Balaban J connectivity index is 1.71. The first-order chi connectivity index (χ1) is 10.8. The first-order valence-corrected chi connectivity index (χ1v) is 7.15. The van der Waals surface area contributed by atoms with Crippen molar-refractivity contribution in [1.82, 2.24) is 15.0 Å². The van der Waals surface area contributed by atoms with E-state index >= 15 is 0 Å². The summed E-state index contributed by atoms with van der Waals surface area (Å²) >= 11 is 0. The number of anilines is 2. The Bertz CT molecular complexity index is 653. The SMILES string of the molecule is COc1ncccc1C(=O)Nc1cnc(N2CCCC2)nc1. The standard InChI is InChI=1S/C15H17N5O2/c1-22-14-12(5-4-6-16-14)13(21)19-11-9-17-15(18-10-11)20-7-2-3-8-20/h4-6,9-10H,2-3,7-8H2,1H3,(H,19,21). The zero-order chi connectivity index (χ0) is 15.4. The van der Waals surface area contributed by atoms with Crippen LogP contribution in [-0.4, -0.2) is 41.1 Å². The Morgan fingerprint density at radius 1 is 1.23 bits per heavy atom. The molecule has 1 N–H and O–H groups in total. The van der Waals surface area contributed by atoms with Crippen molar-refractivity contribution in [2.45, 2.75) is 12.8 Å². The summed E-state index contributed by atoms with van der Waals surface area (Å²) in [5, 5.41) is 2.75. The molecule has 1 amide bonds. The molecule has 3 rings (SSSR count). The highest BCUT2D eigenvalue weighted by molar-refractivity contribution is 6.05. The molecular formula is C15H17N5O2. The molecule has 1 fully saturated rings. The van der Waals surface area contributed by atoms with Crippen LogP contribution < -0.4 is 15.0 Å².